The fraction of sp³-hybridized carbons (Fsp3) is 0.429. The third kappa shape index (κ3) is 2.86. The zero-order chi connectivity index (χ0) is 20.1. The van der Waals surface area contributed by atoms with Crippen LogP contribution in [0.5, 0.6) is 0 Å². The number of nitrogens with two attached hydrogens (primary N) is 2. The zero-order valence-corrected chi connectivity index (χ0v) is 16.6. The Hall–Kier alpha value is -2.18. The first-order valence-electron chi connectivity index (χ1n) is 9.60. The fourth-order valence-electron chi connectivity index (χ4n) is 4.69. The predicted molar refractivity (Wildman–Crippen MR) is 110 cm³/mol. The number of benzene rings is 1. The normalized spacial score (nSPS) is 23.5. The Labute approximate surface area is 168 Å². The van der Waals surface area contributed by atoms with Crippen molar-refractivity contribution < 1.29 is 9.18 Å². The van der Waals surface area contributed by atoms with Crippen LogP contribution in [0.3, 0.4) is 0 Å². The highest BCUT2D eigenvalue weighted by atomic mass is 35.5. The van der Waals surface area contributed by atoms with E-state index < -0.39 is 11.6 Å². The molecule has 148 valence electrons. The molecule has 2 aliphatic rings. The van der Waals surface area contributed by atoms with Gasteiger partial charge in [0.15, 0.2) is 5.78 Å². The van der Waals surface area contributed by atoms with Gasteiger partial charge >= 0.3 is 0 Å². The molecule has 0 atom stereocenters. The Morgan fingerprint density at radius 1 is 1.36 bits per heavy atom. The molecule has 5 N–H and O–H groups in total. The maximum Gasteiger partial charge on any atom is 0.164 e. The molecule has 1 fully saturated rings. The summed E-state index contributed by atoms with van der Waals surface area (Å²) < 4.78 is 15.1. The molecule has 0 unspecified atom stereocenters. The molecule has 0 saturated heterocycles. The minimum Gasteiger partial charge on any atom is -0.398 e. The average molecular weight is 403 g/mol. The van der Waals surface area contributed by atoms with Gasteiger partial charge in [-0.05, 0) is 57.2 Å². The van der Waals surface area contributed by atoms with Crippen LogP contribution in [-0.4, -0.2) is 23.9 Å². The van der Waals surface area contributed by atoms with E-state index >= 15 is 4.39 Å². The van der Waals surface area contributed by atoms with Gasteiger partial charge in [-0.2, -0.15) is 0 Å². The van der Waals surface area contributed by atoms with Crippen molar-refractivity contribution in [2.75, 3.05) is 24.1 Å². The van der Waals surface area contributed by atoms with Gasteiger partial charge in [0.1, 0.15) is 11.6 Å². The van der Waals surface area contributed by atoms with Crippen molar-refractivity contribution in [3.05, 3.63) is 40.3 Å². The van der Waals surface area contributed by atoms with Crippen LogP contribution in [0.25, 0.3) is 11.1 Å². The van der Waals surface area contributed by atoms with Crippen molar-refractivity contribution in [3.63, 3.8) is 0 Å². The number of hydrogen-bond donors (Lipinski definition) is 3. The van der Waals surface area contributed by atoms with Gasteiger partial charge in [0, 0.05) is 40.5 Å². The summed E-state index contributed by atoms with van der Waals surface area (Å²) >= 11 is 6.84. The van der Waals surface area contributed by atoms with Crippen molar-refractivity contribution in [2.45, 2.75) is 38.0 Å². The number of nitrogen functional groups attached to an aromatic ring is 1. The number of anilines is 2. The maximum absolute atomic E-state index is 15.1. The van der Waals surface area contributed by atoms with E-state index in [-0.39, 0.29) is 22.2 Å². The fourth-order valence-corrected chi connectivity index (χ4v) is 5.13. The van der Waals surface area contributed by atoms with Crippen molar-refractivity contribution >= 4 is 28.9 Å². The first-order chi connectivity index (χ1) is 13.4. The third-order valence-electron chi connectivity index (χ3n) is 6.35. The number of carbonyl (C=O) groups is 1. The Morgan fingerprint density at radius 2 is 2.07 bits per heavy atom. The second-order valence-corrected chi connectivity index (χ2v) is 8.35. The summed E-state index contributed by atoms with van der Waals surface area (Å²) in [6.45, 7) is 2.78. The molecular formula is C21H24ClFN4O. The summed E-state index contributed by atoms with van der Waals surface area (Å²) in [5.74, 6) is 0.239. The summed E-state index contributed by atoms with van der Waals surface area (Å²) in [5.41, 5.74) is 13.3. The number of ketones is 1. The predicted octanol–water partition coefficient (Wildman–Crippen LogP) is 4.14. The molecule has 7 heteroatoms. The molecular weight excluding hydrogens is 379 g/mol. The van der Waals surface area contributed by atoms with Gasteiger partial charge in [0.05, 0.1) is 10.6 Å². The van der Waals surface area contributed by atoms with Crippen LogP contribution in [0.2, 0.25) is 5.02 Å². The van der Waals surface area contributed by atoms with Gasteiger partial charge in [-0.3, -0.25) is 4.79 Å². The van der Waals surface area contributed by atoms with E-state index in [1.54, 1.807) is 18.3 Å². The lowest BCUT2D eigenvalue weighted by molar-refractivity contribution is 0.101. The van der Waals surface area contributed by atoms with Crippen LogP contribution in [0.1, 0.15) is 48.5 Å². The van der Waals surface area contributed by atoms with Gasteiger partial charge in [-0.15, -0.1) is 0 Å². The van der Waals surface area contributed by atoms with Gasteiger partial charge in [0.2, 0.25) is 0 Å². The lowest BCUT2D eigenvalue weighted by atomic mass is 9.67. The second-order valence-electron chi connectivity index (χ2n) is 7.97. The monoisotopic (exact) mass is 402 g/mol. The zero-order valence-electron chi connectivity index (χ0n) is 15.8. The molecule has 1 aliphatic heterocycles. The van der Waals surface area contributed by atoms with E-state index in [9.17, 15) is 4.79 Å². The summed E-state index contributed by atoms with van der Waals surface area (Å²) in [6.07, 6.45) is 5.61. The molecule has 2 heterocycles. The molecule has 2 aromatic rings. The Morgan fingerprint density at radius 3 is 2.71 bits per heavy atom. The van der Waals surface area contributed by atoms with Crippen LogP contribution < -0.4 is 16.8 Å². The second kappa shape index (κ2) is 7.01. The minimum absolute atomic E-state index is 0.102. The smallest absolute Gasteiger partial charge is 0.164 e. The molecule has 1 aromatic heterocycles. The Balaban J connectivity index is 1.82. The van der Waals surface area contributed by atoms with Gasteiger partial charge in [-0.25, -0.2) is 9.37 Å². The van der Waals surface area contributed by atoms with Gasteiger partial charge in [-0.1, -0.05) is 11.6 Å². The number of halogens is 2. The number of nitrogens with zero attached hydrogens (tertiary/aromatic N) is 1. The molecule has 4 rings (SSSR count). The van der Waals surface area contributed by atoms with Crippen LogP contribution in [0.15, 0.2) is 18.3 Å². The SMILES string of the molecule is CC(=O)c1c(N)ccc(-c2cnc3c(c2Cl)[C@]2(CC[C@H](CN)CC2)CN3)c1F. The molecule has 1 spiro atoms. The first kappa shape index (κ1) is 19.2. The summed E-state index contributed by atoms with van der Waals surface area (Å²) in [5, 5.41) is 3.87. The van der Waals surface area contributed by atoms with Crippen LogP contribution in [0.4, 0.5) is 15.9 Å². The van der Waals surface area contributed by atoms with Crippen molar-refractivity contribution in [3.8, 4) is 11.1 Å². The number of hydrogen-bond acceptors (Lipinski definition) is 5. The molecule has 28 heavy (non-hydrogen) atoms. The van der Waals surface area contributed by atoms with Crippen LogP contribution in [-0.2, 0) is 5.41 Å². The highest BCUT2D eigenvalue weighted by molar-refractivity contribution is 6.34. The largest absolute Gasteiger partial charge is 0.398 e. The van der Waals surface area contributed by atoms with Crippen molar-refractivity contribution in [2.24, 2.45) is 11.7 Å². The molecule has 0 radical (unpaired) electrons. The lowest BCUT2D eigenvalue weighted by Gasteiger charge is -2.37. The summed E-state index contributed by atoms with van der Waals surface area (Å²) in [6, 6.07) is 3.10. The number of nitrogens with one attached hydrogen (secondary N) is 1. The molecule has 1 saturated carbocycles. The van der Waals surface area contributed by atoms with Crippen molar-refractivity contribution in [1.29, 1.82) is 0 Å². The van der Waals surface area contributed by atoms with E-state index in [2.05, 4.69) is 10.3 Å². The number of pyridine rings is 1. The standard InChI is InChI=1S/C21H24ClFN4O/c1-11(28)16-15(25)3-2-13(19(16)23)14-9-26-20-17(18(14)22)21(10-27-20)6-4-12(8-24)5-7-21/h2-3,9,12H,4-8,10,24-25H2,1H3,(H,26,27)/t12-,21-. The molecule has 1 aromatic carbocycles. The number of aromatic nitrogens is 1. The molecule has 0 bridgehead atoms. The highest BCUT2D eigenvalue weighted by Gasteiger charge is 2.44. The number of fused-ring (bicyclic) bond motifs is 2. The first-order valence-corrected chi connectivity index (χ1v) is 9.98. The summed E-state index contributed by atoms with van der Waals surface area (Å²) in [7, 11) is 0. The molecule has 5 nitrogen and oxygen atoms in total. The third-order valence-corrected chi connectivity index (χ3v) is 6.74. The number of Topliss-reactive ketones (excluding diaryl/α,β-unsaturated/α-hetero) is 1. The number of rotatable bonds is 3. The van der Waals surface area contributed by atoms with Gasteiger partial charge < -0.3 is 16.8 Å². The Bertz CT molecular complexity index is 954. The Kier molecular flexibility index (Phi) is 4.79. The van der Waals surface area contributed by atoms with Gasteiger partial charge in [0.25, 0.3) is 0 Å². The van der Waals surface area contributed by atoms with Crippen molar-refractivity contribution in [1.82, 2.24) is 4.98 Å². The highest BCUT2D eigenvalue weighted by Crippen LogP contribution is 2.51. The molecule has 1 aliphatic carbocycles. The summed E-state index contributed by atoms with van der Waals surface area (Å²) in [4.78, 5) is 16.4. The minimum atomic E-state index is -0.650. The lowest BCUT2D eigenvalue weighted by Crippen LogP contribution is -2.35. The van der Waals surface area contributed by atoms with E-state index in [1.165, 1.54) is 6.92 Å². The maximum atomic E-state index is 15.1. The van der Waals surface area contributed by atoms with Crippen LogP contribution in [0, 0.1) is 11.7 Å². The molecule has 0 amide bonds. The van der Waals surface area contributed by atoms with E-state index in [1.807, 2.05) is 0 Å². The van der Waals surface area contributed by atoms with E-state index in [0.717, 1.165) is 43.6 Å². The van der Waals surface area contributed by atoms with Crippen LogP contribution >= 0.6 is 11.6 Å². The topological polar surface area (TPSA) is 94.0 Å². The van der Waals surface area contributed by atoms with E-state index in [4.69, 9.17) is 23.1 Å². The quantitative estimate of drug-likeness (QED) is 0.530. The van der Waals surface area contributed by atoms with E-state index in [0.29, 0.717) is 23.0 Å². The number of carbonyl (C=O) groups excluding carboxylic acids is 1. The average Bonchev–Trinajstić information content (AvgIpc) is 3.02.